The summed E-state index contributed by atoms with van der Waals surface area (Å²) in [6.07, 6.45) is 0. The van der Waals surface area contributed by atoms with Crippen molar-refractivity contribution >= 4 is 23.3 Å². The smallest absolute Gasteiger partial charge is 0.336 e. The number of nitro benzene ring substituents is 1. The SMILES string of the molecule is Cc1c(NCC(C)(C)C(N)=O)cc(C(=O)O)cc1[N+](=O)[O-]. The van der Waals surface area contributed by atoms with Crippen LogP contribution in [0.25, 0.3) is 0 Å². The van der Waals surface area contributed by atoms with Gasteiger partial charge in [-0.05, 0) is 26.8 Å². The lowest BCUT2D eigenvalue weighted by Gasteiger charge is -2.22. The van der Waals surface area contributed by atoms with Gasteiger partial charge in [0.1, 0.15) is 0 Å². The molecule has 4 N–H and O–H groups in total. The van der Waals surface area contributed by atoms with E-state index in [0.29, 0.717) is 5.56 Å². The number of carbonyl (C=O) groups is 2. The lowest BCUT2D eigenvalue weighted by atomic mass is 9.92. The fourth-order valence-electron chi connectivity index (χ4n) is 1.60. The molecular formula is C13H17N3O5. The van der Waals surface area contributed by atoms with Gasteiger partial charge in [-0.15, -0.1) is 0 Å². The molecule has 0 aliphatic carbocycles. The Morgan fingerprint density at radius 1 is 1.43 bits per heavy atom. The highest BCUT2D eigenvalue weighted by molar-refractivity contribution is 5.90. The predicted octanol–water partition coefficient (Wildman–Crippen LogP) is 1.52. The lowest BCUT2D eigenvalue weighted by molar-refractivity contribution is -0.385. The fraction of sp³-hybridized carbons (Fsp3) is 0.385. The van der Waals surface area contributed by atoms with Crippen LogP contribution in [0.1, 0.15) is 29.8 Å². The van der Waals surface area contributed by atoms with Gasteiger partial charge in [-0.25, -0.2) is 4.79 Å². The number of hydrogen-bond donors (Lipinski definition) is 3. The highest BCUT2D eigenvalue weighted by Crippen LogP contribution is 2.29. The molecular weight excluding hydrogens is 278 g/mol. The van der Waals surface area contributed by atoms with Crippen molar-refractivity contribution in [2.75, 3.05) is 11.9 Å². The number of nitrogens with one attached hydrogen (secondary N) is 1. The summed E-state index contributed by atoms with van der Waals surface area (Å²) in [5, 5.41) is 22.8. The number of rotatable bonds is 6. The average Bonchev–Trinajstić information content (AvgIpc) is 2.36. The number of anilines is 1. The monoisotopic (exact) mass is 295 g/mol. The van der Waals surface area contributed by atoms with Crippen LogP contribution in [-0.4, -0.2) is 28.5 Å². The van der Waals surface area contributed by atoms with Crippen LogP contribution in [0.2, 0.25) is 0 Å². The van der Waals surface area contributed by atoms with Crippen molar-refractivity contribution in [3.8, 4) is 0 Å². The van der Waals surface area contributed by atoms with Crippen LogP contribution in [0.4, 0.5) is 11.4 Å². The third kappa shape index (κ3) is 3.68. The maximum Gasteiger partial charge on any atom is 0.336 e. The molecule has 0 spiro atoms. The molecule has 0 radical (unpaired) electrons. The molecule has 1 rings (SSSR count). The van der Waals surface area contributed by atoms with E-state index in [0.717, 1.165) is 6.07 Å². The zero-order chi connectivity index (χ0) is 16.4. The third-order valence-corrected chi connectivity index (χ3v) is 3.21. The minimum atomic E-state index is -1.27. The largest absolute Gasteiger partial charge is 0.478 e. The molecule has 21 heavy (non-hydrogen) atoms. The van der Waals surface area contributed by atoms with Gasteiger partial charge in [0.2, 0.25) is 5.91 Å². The minimum Gasteiger partial charge on any atom is -0.478 e. The zero-order valence-corrected chi connectivity index (χ0v) is 12.0. The maximum absolute atomic E-state index is 11.3. The number of carbonyl (C=O) groups excluding carboxylic acids is 1. The summed E-state index contributed by atoms with van der Waals surface area (Å²) in [6.45, 7) is 4.87. The van der Waals surface area contributed by atoms with E-state index in [1.807, 2.05) is 0 Å². The summed E-state index contributed by atoms with van der Waals surface area (Å²) >= 11 is 0. The average molecular weight is 295 g/mol. The second-order valence-corrected chi connectivity index (χ2v) is 5.33. The maximum atomic E-state index is 11.3. The van der Waals surface area contributed by atoms with E-state index in [4.69, 9.17) is 10.8 Å². The summed E-state index contributed by atoms with van der Waals surface area (Å²) < 4.78 is 0. The van der Waals surface area contributed by atoms with Crippen LogP contribution in [0.5, 0.6) is 0 Å². The van der Waals surface area contributed by atoms with Crippen LogP contribution in [0.15, 0.2) is 12.1 Å². The molecule has 1 amide bonds. The molecule has 0 bridgehead atoms. The van der Waals surface area contributed by atoms with Gasteiger partial charge in [-0.2, -0.15) is 0 Å². The minimum absolute atomic E-state index is 0.128. The van der Waals surface area contributed by atoms with E-state index >= 15 is 0 Å². The Morgan fingerprint density at radius 3 is 2.43 bits per heavy atom. The number of nitro groups is 1. The summed E-state index contributed by atoms with van der Waals surface area (Å²) in [4.78, 5) is 32.6. The van der Waals surface area contributed by atoms with Crippen molar-refractivity contribution in [2.24, 2.45) is 11.1 Å². The number of nitrogens with zero attached hydrogens (tertiary/aromatic N) is 1. The first-order valence-corrected chi connectivity index (χ1v) is 6.12. The first kappa shape index (κ1) is 16.4. The first-order valence-electron chi connectivity index (χ1n) is 6.12. The van der Waals surface area contributed by atoms with Crippen molar-refractivity contribution in [3.05, 3.63) is 33.4 Å². The quantitative estimate of drug-likeness (QED) is 0.537. The van der Waals surface area contributed by atoms with Crippen LogP contribution in [0.3, 0.4) is 0 Å². The summed E-state index contributed by atoms with van der Waals surface area (Å²) in [5.74, 6) is -1.80. The zero-order valence-electron chi connectivity index (χ0n) is 12.0. The van der Waals surface area contributed by atoms with Gasteiger partial charge in [0.05, 0.1) is 15.9 Å². The van der Waals surface area contributed by atoms with Gasteiger partial charge in [0, 0.05) is 23.9 Å². The standard InChI is InChI=1S/C13H17N3O5/c1-7-9(15-6-13(2,3)12(14)19)4-8(11(17)18)5-10(7)16(20)21/h4-5,15H,6H2,1-3H3,(H2,14,19)(H,17,18). The highest BCUT2D eigenvalue weighted by Gasteiger charge is 2.26. The van der Waals surface area contributed by atoms with Gasteiger partial charge in [-0.1, -0.05) is 0 Å². The molecule has 0 aliphatic rings. The van der Waals surface area contributed by atoms with Gasteiger partial charge in [0.25, 0.3) is 5.69 Å². The molecule has 0 unspecified atom stereocenters. The molecule has 0 aromatic heterocycles. The number of benzene rings is 1. The molecule has 0 heterocycles. The Hall–Kier alpha value is -2.64. The van der Waals surface area contributed by atoms with Crippen molar-refractivity contribution < 1.29 is 19.6 Å². The molecule has 0 aliphatic heterocycles. The summed E-state index contributed by atoms with van der Waals surface area (Å²) in [7, 11) is 0. The highest BCUT2D eigenvalue weighted by atomic mass is 16.6. The Bertz CT molecular complexity index is 610. The predicted molar refractivity (Wildman–Crippen MR) is 76.3 cm³/mol. The molecule has 0 fully saturated rings. The second-order valence-electron chi connectivity index (χ2n) is 5.33. The molecule has 0 saturated heterocycles. The van der Waals surface area contributed by atoms with Crippen molar-refractivity contribution in [3.63, 3.8) is 0 Å². The Morgan fingerprint density at radius 2 is 2.00 bits per heavy atom. The number of aromatic carboxylic acids is 1. The number of hydrogen-bond acceptors (Lipinski definition) is 5. The van der Waals surface area contributed by atoms with Gasteiger partial charge in [0.15, 0.2) is 0 Å². The molecule has 8 nitrogen and oxygen atoms in total. The summed E-state index contributed by atoms with van der Waals surface area (Å²) in [6, 6.07) is 2.30. The summed E-state index contributed by atoms with van der Waals surface area (Å²) in [5.41, 5.74) is 4.46. The number of nitrogens with two attached hydrogens (primary N) is 1. The molecule has 114 valence electrons. The van der Waals surface area contributed by atoms with E-state index in [9.17, 15) is 19.7 Å². The number of primary amides is 1. The Kier molecular flexibility index (Phi) is 4.52. The van der Waals surface area contributed by atoms with Crippen molar-refractivity contribution in [1.82, 2.24) is 0 Å². The van der Waals surface area contributed by atoms with Crippen molar-refractivity contribution in [1.29, 1.82) is 0 Å². The van der Waals surface area contributed by atoms with Crippen LogP contribution < -0.4 is 11.1 Å². The number of carboxylic acids is 1. The second kappa shape index (κ2) is 5.78. The van der Waals surface area contributed by atoms with E-state index in [2.05, 4.69) is 5.32 Å². The van der Waals surface area contributed by atoms with Crippen LogP contribution in [-0.2, 0) is 4.79 Å². The molecule has 1 aromatic carbocycles. The van der Waals surface area contributed by atoms with Gasteiger partial charge >= 0.3 is 5.97 Å². The molecule has 0 atom stereocenters. The van der Waals surface area contributed by atoms with Crippen LogP contribution in [0, 0.1) is 22.5 Å². The van der Waals surface area contributed by atoms with Crippen molar-refractivity contribution in [2.45, 2.75) is 20.8 Å². The third-order valence-electron chi connectivity index (χ3n) is 3.21. The Balaban J connectivity index is 3.20. The van der Waals surface area contributed by atoms with E-state index in [1.165, 1.54) is 13.0 Å². The number of carboxylic acid groups (broad SMARTS) is 1. The number of amides is 1. The van der Waals surface area contributed by atoms with Gasteiger partial charge < -0.3 is 16.2 Å². The fourth-order valence-corrected chi connectivity index (χ4v) is 1.60. The van der Waals surface area contributed by atoms with Gasteiger partial charge in [-0.3, -0.25) is 14.9 Å². The normalized spacial score (nSPS) is 11.0. The molecule has 1 aromatic rings. The van der Waals surface area contributed by atoms with E-state index in [-0.39, 0.29) is 23.5 Å². The van der Waals surface area contributed by atoms with E-state index in [1.54, 1.807) is 13.8 Å². The van der Waals surface area contributed by atoms with Crippen LogP contribution >= 0.6 is 0 Å². The Labute approximate surface area is 121 Å². The topological polar surface area (TPSA) is 136 Å². The first-order chi connectivity index (χ1) is 9.56. The molecule has 8 heteroatoms. The molecule has 0 saturated carbocycles. The van der Waals surface area contributed by atoms with E-state index < -0.39 is 22.2 Å². The lowest BCUT2D eigenvalue weighted by Crippen LogP contribution is -2.37.